The van der Waals surface area contributed by atoms with Gasteiger partial charge in [0, 0.05) is 11.8 Å². The maximum atomic E-state index is 11.9. The third-order valence-corrected chi connectivity index (χ3v) is 3.36. The summed E-state index contributed by atoms with van der Waals surface area (Å²) in [7, 11) is 0. The summed E-state index contributed by atoms with van der Waals surface area (Å²) in [6, 6.07) is -0.211. The van der Waals surface area contributed by atoms with Crippen molar-refractivity contribution in [2.75, 3.05) is 13.2 Å². The Hall–Kier alpha value is -0.980. The van der Waals surface area contributed by atoms with E-state index in [2.05, 4.69) is 24.1 Å². The summed E-state index contributed by atoms with van der Waals surface area (Å²) in [5.41, 5.74) is 5.84. The van der Waals surface area contributed by atoms with Crippen molar-refractivity contribution in [2.24, 2.45) is 11.7 Å². The Labute approximate surface area is 111 Å². The number of nitrogens with two attached hydrogens (primary N) is 1. The number of aromatic nitrogens is 1. The van der Waals surface area contributed by atoms with E-state index >= 15 is 0 Å². The zero-order valence-electron chi connectivity index (χ0n) is 10.8. The number of amides is 1. The molecule has 1 aromatic heterocycles. The standard InChI is InChI=1S/C12H21N3O2S/c1-8(2)5-9(6-16)14-12(17)10-7-18-11(15-10)3-4-13/h7-9,16H,3-6,13H2,1-2H3,(H,14,17). The minimum atomic E-state index is -0.228. The van der Waals surface area contributed by atoms with Gasteiger partial charge in [-0.3, -0.25) is 4.79 Å². The molecule has 0 radical (unpaired) electrons. The minimum absolute atomic E-state index is 0.0519. The largest absolute Gasteiger partial charge is 0.394 e. The number of carbonyl (C=O) groups is 1. The number of aliphatic hydroxyl groups excluding tert-OH is 1. The van der Waals surface area contributed by atoms with E-state index < -0.39 is 0 Å². The second-order valence-electron chi connectivity index (χ2n) is 4.65. The van der Waals surface area contributed by atoms with Crippen LogP contribution in [-0.2, 0) is 6.42 Å². The number of thiazole rings is 1. The summed E-state index contributed by atoms with van der Waals surface area (Å²) in [4.78, 5) is 16.1. The number of hydrogen-bond donors (Lipinski definition) is 3. The normalized spacial score (nSPS) is 12.7. The minimum Gasteiger partial charge on any atom is -0.394 e. The van der Waals surface area contributed by atoms with E-state index in [1.165, 1.54) is 11.3 Å². The van der Waals surface area contributed by atoms with E-state index in [-0.39, 0.29) is 18.6 Å². The first-order valence-electron chi connectivity index (χ1n) is 6.13. The zero-order valence-corrected chi connectivity index (χ0v) is 11.7. The fourth-order valence-corrected chi connectivity index (χ4v) is 2.46. The summed E-state index contributed by atoms with van der Waals surface area (Å²) in [5.74, 6) is 0.194. The zero-order chi connectivity index (χ0) is 13.5. The molecule has 1 heterocycles. The number of carbonyl (C=O) groups excluding carboxylic acids is 1. The summed E-state index contributed by atoms with van der Waals surface area (Å²) in [6.07, 6.45) is 1.44. The number of hydrogen-bond acceptors (Lipinski definition) is 5. The Kier molecular flexibility index (Phi) is 6.24. The van der Waals surface area contributed by atoms with Crippen molar-refractivity contribution < 1.29 is 9.90 Å². The number of nitrogens with zero attached hydrogens (tertiary/aromatic N) is 1. The highest BCUT2D eigenvalue weighted by Crippen LogP contribution is 2.11. The molecule has 0 aliphatic heterocycles. The second kappa shape index (κ2) is 7.45. The van der Waals surface area contributed by atoms with Crippen LogP contribution in [-0.4, -0.2) is 35.2 Å². The molecule has 1 unspecified atom stereocenters. The van der Waals surface area contributed by atoms with Crippen molar-refractivity contribution in [3.05, 3.63) is 16.1 Å². The lowest BCUT2D eigenvalue weighted by molar-refractivity contribution is 0.0904. The third-order valence-electron chi connectivity index (χ3n) is 2.45. The van der Waals surface area contributed by atoms with Crippen LogP contribution in [0, 0.1) is 5.92 Å². The van der Waals surface area contributed by atoms with Gasteiger partial charge in [-0.15, -0.1) is 11.3 Å². The molecule has 1 atom stereocenters. The maximum absolute atomic E-state index is 11.9. The lowest BCUT2D eigenvalue weighted by atomic mass is 10.0. The second-order valence-corrected chi connectivity index (χ2v) is 5.59. The fourth-order valence-electron chi connectivity index (χ4n) is 1.66. The lowest BCUT2D eigenvalue weighted by Gasteiger charge is -2.17. The van der Waals surface area contributed by atoms with Crippen LogP contribution in [0.2, 0.25) is 0 Å². The Morgan fingerprint density at radius 2 is 2.33 bits per heavy atom. The predicted molar refractivity (Wildman–Crippen MR) is 72.7 cm³/mol. The molecule has 0 aliphatic rings. The van der Waals surface area contributed by atoms with Crippen LogP contribution >= 0.6 is 11.3 Å². The highest BCUT2D eigenvalue weighted by molar-refractivity contribution is 7.09. The van der Waals surface area contributed by atoms with Crippen molar-refractivity contribution in [1.29, 1.82) is 0 Å². The average Bonchev–Trinajstić information content (AvgIpc) is 2.76. The molecule has 102 valence electrons. The fraction of sp³-hybridized carbons (Fsp3) is 0.667. The molecule has 18 heavy (non-hydrogen) atoms. The number of aliphatic hydroxyl groups is 1. The van der Waals surface area contributed by atoms with Crippen LogP contribution in [0.15, 0.2) is 5.38 Å². The van der Waals surface area contributed by atoms with Gasteiger partial charge in [-0.25, -0.2) is 4.98 Å². The first-order chi connectivity index (χ1) is 8.56. The Morgan fingerprint density at radius 1 is 1.61 bits per heavy atom. The molecule has 1 aromatic rings. The van der Waals surface area contributed by atoms with Gasteiger partial charge in [-0.1, -0.05) is 13.8 Å². The van der Waals surface area contributed by atoms with Crippen LogP contribution in [0.3, 0.4) is 0 Å². The quantitative estimate of drug-likeness (QED) is 0.684. The predicted octanol–water partition coefficient (Wildman–Crippen LogP) is 0.781. The Bertz CT molecular complexity index is 379. The molecular weight excluding hydrogens is 250 g/mol. The maximum Gasteiger partial charge on any atom is 0.271 e. The van der Waals surface area contributed by atoms with Gasteiger partial charge in [-0.2, -0.15) is 0 Å². The highest BCUT2D eigenvalue weighted by atomic mass is 32.1. The number of rotatable bonds is 7. The van der Waals surface area contributed by atoms with E-state index in [1.807, 2.05) is 0 Å². The van der Waals surface area contributed by atoms with Crippen molar-refractivity contribution in [2.45, 2.75) is 32.7 Å². The lowest BCUT2D eigenvalue weighted by Crippen LogP contribution is -2.38. The van der Waals surface area contributed by atoms with Crippen molar-refractivity contribution in [3.63, 3.8) is 0 Å². The molecule has 0 spiro atoms. The van der Waals surface area contributed by atoms with Crippen LogP contribution < -0.4 is 11.1 Å². The SMILES string of the molecule is CC(C)CC(CO)NC(=O)c1csc(CCN)n1. The van der Waals surface area contributed by atoms with Gasteiger partial charge in [0.15, 0.2) is 0 Å². The summed E-state index contributed by atoms with van der Waals surface area (Å²) in [5, 5.41) is 14.6. The van der Waals surface area contributed by atoms with E-state index in [0.717, 1.165) is 11.4 Å². The van der Waals surface area contributed by atoms with E-state index in [9.17, 15) is 9.90 Å². The Balaban J connectivity index is 2.57. The molecule has 0 saturated heterocycles. The third kappa shape index (κ3) is 4.72. The van der Waals surface area contributed by atoms with Crippen LogP contribution in [0.25, 0.3) is 0 Å². The van der Waals surface area contributed by atoms with Gasteiger partial charge in [0.2, 0.25) is 0 Å². The van der Waals surface area contributed by atoms with Gasteiger partial charge in [0.05, 0.1) is 17.7 Å². The highest BCUT2D eigenvalue weighted by Gasteiger charge is 2.16. The van der Waals surface area contributed by atoms with E-state index in [1.54, 1.807) is 5.38 Å². The van der Waals surface area contributed by atoms with Crippen LogP contribution in [0.4, 0.5) is 0 Å². The summed E-state index contributed by atoms with van der Waals surface area (Å²) >= 11 is 1.44. The topological polar surface area (TPSA) is 88.2 Å². The molecule has 0 saturated carbocycles. The van der Waals surface area contributed by atoms with Crippen LogP contribution in [0.1, 0.15) is 35.8 Å². The summed E-state index contributed by atoms with van der Waals surface area (Å²) in [6.45, 7) is 4.58. The van der Waals surface area contributed by atoms with Gasteiger partial charge < -0.3 is 16.2 Å². The molecule has 1 amide bonds. The molecule has 1 rings (SSSR count). The van der Waals surface area contributed by atoms with Gasteiger partial charge in [0.1, 0.15) is 5.69 Å². The van der Waals surface area contributed by atoms with Crippen LogP contribution in [0.5, 0.6) is 0 Å². The molecule has 0 fully saturated rings. The molecule has 6 heteroatoms. The van der Waals surface area contributed by atoms with E-state index in [4.69, 9.17) is 5.73 Å². The Morgan fingerprint density at radius 3 is 2.89 bits per heavy atom. The first-order valence-corrected chi connectivity index (χ1v) is 7.01. The summed E-state index contributed by atoms with van der Waals surface area (Å²) < 4.78 is 0. The average molecular weight is 271 g/mol. The molecule has 0 bridgehead atoms. The van der Waals surface area contributed by atoms with Gasteiger partial charge in [0.25, 0.3) is 5.91 Å². The van der Waals surface area contributed by atoms with Crippen molar-refractivity contribution in [3.8, 4) is 0 Å². The molecule has 5 nitrogen and oxygen atoms in total. The first kappa shape index (κ1) is 15.1. The van der Waals surface area contributed by atoms with Crippen molar-refractivity contribution in [1.82, 2.24) is 10.3 Å². The number of nitrogens with one attached hydrogen (secondary N) is 1. The van der Waals surface area contributed by atoms with Gasteiger partial charge in [-0.05, 0) is 18.9 Å². The van der Waals surface area contributed by atoms with Crippen molar-refractivity contribution >= 4 is 17.2 Å². The molecular formula is C12H21N3O2S. The van der Waals surface area contributed by atoms with Gasteiger partial charge >= 0.3 is 0 Å². The van der Waals surface area contributed by atoms with E-state index in [0.29, 0.717) is 24.6 Å². The molecule has 0 aliphatic carbocycles. The molecule has 0 aromatic carbocycles. The monoisotopic (exact) mass is 271 g/mol. The smallest absolute Gasteiger partial charge is 0.271 e. The molecule has 4 N–H and O–H groups in total.